The van der Waals surface area contributed by atoms with Crippen molar-refractivity contribution in [2.75, 3.05) is 6.54 Å². The summed E-state index contributed by atoms with van der Waals surface area (Å²) < 4.78 is 5.80. The van der Waals surface area contributed by atoms with Crippen molar-refractivity contribution in [1.82, 2.24) is 5.32 Å². The van der Waals surface area contributed by atoms with Gasteiger partial charge in [0.05, 0.1) is 0 Å². The van der Waals surface area contributed by atoms with Crippen molar-refractivity contribution in [1.29, 1.82) is 0 Å². The minimum Gasteiger partial charge on any atom is -0.481 e. The molecule has 0 saturated heterocycles. The number of hydrogen-bond donors (Lipinski definition) is 1. The van der Waals surface area contributed by atoms with Crippen LogP contribution in [0.15, 0.2) is 84.9 Å². The standard InChI is InChI=1S/C25H27NO2/c1-19-14-16-23(17-15-19)28-20(2)24(27)26-18-25(3,21-10-6-4-7-11-21)22-12-8-5-9-13-22/h4-17,20H,18H2,1-3H3,(H,26,27). The van der Waals surface area contributed by atoms with Crippen LogP contribution in [0.3, 0.4) is 0 Å². The molecule has 28 heavy (non-hydrogen) atoms. The summed E-state index contributed by atoms with van der Waals surface area (Å²) in [6.07, 6.45) is -0.571. The van der Waals surface area contributed by atoms with Crippen molar-refractivity contribution < 1.29 is 9.53 Å². The van der Waals surface area contributed by atoms with Crippen LogP contribution in [0.5, 0.6) is 5.75 Å². The summed E-state index contributed by atoms with van der Waals surface area (Å²) in [5.41, 5.74) is 3.15. The number of carbonyl (C=O) groups excluding carboxylic acids is 1. The zero-order valence-corrected chi connectivity index (χ0v) is 16.7. The fraction of sp³-hybridized carbons (Fsp3) is 0.240. The van der Waals surface area contributed by atoms with Crippen molar-refractivity contribution in [3.05, 3.63) is 102 Å². The van der Waals surface area contributed by atoms with Gasteiger partial charge in [0.2, 0.25) is 0 Å². The molecule has 3 nitrogen and oxygen atoms in total. The molecule has 0 aliphatic rings. The number of ether oxygens (including phenoxy) is 1. The predicted octanol–water partition coefficient (Wildman–Crippen LogP) is 4.88. The summed E-state index contributed by atoms with van der Waals surface area (Å²) in [4.78, 5) is 12.7. The van der Waals surface area contributed by atoms with E-state index in [1.807, 2.05) is 67.6 Å². The van der Waals surface area contributed by atoms with Gasteiger partial charge in [-0.25, -0.2) is 0 Å². The van der Waals surface area contributed by atoms with Gasteiger partial charge in [-0.2, -0.15) is 0 Å². The molecular formula is C25H27NO2. The molecule has 0 bridgehead atoms. The highest BCUT2D eigenvalue weighted by atomic mass is 16.5. The highest BCUT2D eigenvalue weighted by Gasteiger charge is 2.30. The third-order valence-corrected chi connectivity index (χ3v) is 5.14. The normalized spacial score (nSPS) is 12.2. The largest absolute Gasteiger partial charge is 0.481 e. The molecule has 3 aromatic rings. The Bertz CT molecular complexity index is 849. The molecule has 0 fully saturated rings. The van der Waals surface area contributed by atoms with Crippen molar-refractivity contribution in [2.45, 2.75) is 32.3 Å². The first-order valence-corrected chi connectivity index (χ1v) is 9.61. The molecule has 0 spiro atoms. The second kappa shape index (κ2) is 8.75. The second-order valence-electron chi connectivity index (χ2n) is 7.36. The fourth-order valence-corrected chi connectivity index (χ4v) is 3.26. The summed E-state index contributed by atoms with van der Waals surface area (Å²) in [5.74, 6) is 0.570. The van der Waals surface area contributed by atoms with Gasteiger partial charge in [-0.05, 0) is 44.0 Å². The highest BCUT2D eigenvalue weighted by Crippen LogP contribution is 2.31. The van der Waals surface area contributed by atoms with Gasteiger partial charge in [0.25, 0.3) is 5.91 Å². The Labute approximate surface area is 167 Å². The molecule has 144 valence electrons. The molecular weight excluding hydrogens is 346 g/mol. The van der Waals surface area contributed by atoms with Crippen molar-refractivity contribution in [3.63, 3.8) is 0 Å². The molecule has 1 unspecified atom stereocenters. The van der Waals surface area contributed by atoms with E-state index in [0.717, 1.165) is 16.7 Å². The van der Waals surface area contributed by atoms with E-state index in [2.05, 4.69) is 36.5 Å². The van der Waals surface area contributed by atoms with E-state index in [-0.39, 0.29) is 11.3 Å². The second-order valence-corrected chi connectivity index (χ2v) is 7.36. The summed E-state index contributed by atoms with van der Waals surface area (Å²) in [7, 11) is 0. The van der Waals surface area contributed by atoms with Gasteiger partial charge < -0.3 is 10.1 Å². The van der Waals surface area contributed by atoms with Crippen LogP contribution in [0.4, 0.5) is 0 Å². The maximum absolute atomic E-state index is 12.7. The van der Waals surface area contributed by atoms with Gasteiger partial charge in [-0.3, -0.25) is 4.79 Å². The lowest BCUT2D eigenvalue weighted by atomic mass is 9.76. The maximum atomic E-state index is 12.7. The summed E-state index contributed by atoms with van der Waals surface area (Å²) in [6.45, 7) is 6.44. The Morgan fingerprint density at radius 3 is 1.89 bits per heavy atom. The maximum Gasteiger partial charge on any atom is 0.260 e. The summed E-state index contributed by atoms with van der Waals surface area (Å²) in [5, 5.41) is 3.09. The smallest absolute Gasteiger partial charge is 0.260 e. The summed E-state index contributed by atoms with van der Waals surface area (Å²) >= 11 is 0. The van der Waals surface area contributed by atoms with E-state index in [0.29, 0.717) is 12.3 Å². The molecule has 3 aromatic carbocycles. The van der Waals surface area contributed by atoms with Crippen molar-refractivity contribution in [3.8, 4) is 5.75 Å². The van der Waals surface area contributed by atoms with Crippen LogP contribution in [-0.4, -0.2) is 18.6 Å². The molecule has 3 rings (SSSR count). The molecule has 0 aromatic heterocycles. The Hall–Kier alpha value is -3.07. The third kappa shape index (κ3) is 4.61. The lowest BCUT2D eigenvalue weighted by Crippen LogP contribution is -2.44. The number of amides is 1. The minimum atomic E-state index is -0.571. The SMILES string of the molecule is Cc1ccc(OC(C)C(=O)NCC(C)(c2ccccc2)c2ccccc2)cc1. The van der Waals surface area contributed by atoms with E-state index in [1.54, 1.807) is 6.92 Å². The van der Waals surface area contributed by atoms with Crippen molar-refractivity contribution in [2.24, 2.45) is 0 Å². The molecule has 1 N–H and O–H groups in total. The lowest BCUT2D eigenvalue weighted by Gasteiger charge is -2.32. The van der Waals surface area contributed by atoms with Gasteiger partial charge in [0.15, 0.2) is 6.10 Å². The zero-order valence-electron chi connectivity index (χ0n) is 16.7. The van der Waals surface area contributed by atoms with Crippen LogP contribution in [0.2, 0.25) is 0 Å². The molecule has 1 atom stereocenters. The molecule has 3 heteroatoms. The Kier molecular flexibility index (Phi) is 6.15. The number of aryl methyl sites for hydroxylation is 1. The van der Waals surface area contributed by atoms with Gasteiger partial charge in [0, 0.05) is 12.0 Å². The Morgan fingerprint density at radius 2 is 1.39 bits per heavy atom. The zero-order chi connectivity index (χ0) is 20.0. The monoisotopic (exact) mass is 373 g/mol. The number of carbonyl (C=O) groups is 1. The number of benzene rings is 3. The van der Waals surface area contributed by atoms with E-state index in [4.69, 9.17) is 4.74 Å². The first-order valence-electron chi connectivity index (χ1n) is 9.61. The Balaban J connectivity index is 1.73. The number of hydrogen-bond acceptors (Lipinski definition) is 2. The van der Waals surface area contributed by atoms with Gasteiger partial charge in [-0.1, -0.05) is 78.4 Å². The highest BCUT2D eigenvalue weighted by molar-refractivity contribution is 5.81. The van der Waals surface area contributed by atoms with E-state index < -0.39 is 6.10 Å². The molecule has 0 heterocycles. The topological polar surface area (TPSA) is 38.3 Å². The first kappa shape index (κ1) is 19.7. The van der Waals surface area contributed by atoms with Gasteiger partial charge in [0.1, 0.15) is 5.75 Å². The predicted molar refractivity (Wildman–Crippen MR) is 114 cm³/mol. The Morgan fingerprint density at radius 1 is 0.893 bits per heavy atom. The van der Waals surface area contributed by atoms with Gasteiger partial charge in [-0.15, -0.1) is 0 Å². The fourth-order valence-electron chi connectivity index (χ4n) is 3.26. The van der Waals surface area contributed by atoms with E-state index in [9.17, 15) is 4.79 Å². The average molecular weight is 373 g/mol. The van der Waals surface area contributed by atoms with E-state index >= 15 is 0 Å². The average Bonchev–Trinajstić information content (AvgIpc) is 2.74. The first-order chi connectivity index (χ1) is 13.5. The molecule has 1 amide bonds. The van der Waals surface area contributed by atoms with Crippen LogP contribution in [0.1, 0.15) is 30.5 Å². The van der Waals surface area contributed by atoms with Crippen molar-refractivity contribution >= 4 is 5.91 Å². The molecule has 0 aliphatic heterocycles. The van der Waals surface area contributed by atoms with Crippen LogP contribution in [0, 0.1) is 6.92 Å². The quantitative estimate of drug-likeness (QED) is 0.641. The lowest BCUT2D eigenvalue weighted by molar-refractivity contribution is -0.127. The molecule has 0 radical (unpaired) electrons. The third-order valence-electron chi connectivity index (χ3n) is 5.14. The van der Waals surface area contributed by atoms with Crippen LogP contribution in [-0.2, 0) is 10.2 Å². The minimum absolute atomic E-state index is 0.126. The van der Waals surface area contributed by atoms with E-state index in [1.165, 1.54) is 0 Å². The number of rotatable bonds is 7. The van der Waals surface area contributed by atoms with Crippen LogP contribution >= 0.6 is 0 Å². The van der Waals surface area contributed by atoms with Gasteiger partial charge >= 0.3 is 0 Å². The summed E-state index contributed by atoms with van der Waals surface area (Å²) in [6, 6.07) is 28.3. The van der Waals surface area contributed by atoms with Crippen LogP contribution in [0.25, 0.3) is 0 Å². The molecule has 0 saturated carbocycles. The molecule has 0 aliphatic carbocycles. The number of nitrogens with one attached hydrogen (secondary N) is 1. The van der Waals surface area contributed by atoms with Crippen LogP contribution < -0.4 is 10.1 Å².